The predicted octanol–water partition coefficient (Wildman–Crippen LogP) is 5.87. The van der Waals surface area contributed by atoms with Gasteiger partial charge in [0, 0.05) is 39.7 Å². The van der Waals surface area contributed by atoms with E-state index in [9.17, 15) is 28.8 Å². The number of likely N-dealkylation sites (tertiary alicyclic amines) is 2. The van der Waals surface area contributed by atoms with Crippen LogP contribution in [0.2, 0.25) is 0 Å². The molecular formula is C52H64N14O10. The number of aromatic amines is 2. The highest BCUT2D eigenvalue weighted by molar-refractivity contribution is 5.87. The Labute approximate surface area is 439 Å². The van der Waals surface area contributed by atoms with Crippen LogP contribution in [0.1, 0.15) is 83.8 Å². The normalized spacial score (nSPS) is 19.6. The molecule has 2 saturated heterocycles. The monoisotopic (exact) mass is 1040 g/mol. The Morgan fingerprint density at radius 3 is 1.80 bits per heavy atom. The molecule has 0 aliphatic carbocycles. The van der Waals surface area contributed by atoms with E-state index in [1.54, 1.807) is 34.6 Å². The summed E-state index contributed by atoms with van der Waals surface area (Å²) >= 11 is 0. The number of carbonyl (C=O) groups excluding carboxylic acids is 6. The van der Waals surface area contributed by atoms with Crippen LogP contribution >= 0.6 is 0 Å². The molecular weight excluding hydrogens is 981 g/mol. The van der Waals surface area contributed by atoms with E-state index in [2.05, 4.69) is 41.3 Å². The molecule has 0 bridgehead atoms. The first-order valence-corrected chi connectivity index (χ1v) is 25.1. The van der Waals surface area contributed by atoms with Gasteiger partial charge in [0.05, 0.1) is 62.8 Å². The van der Waals surface area contributed by atoms with Crippen molar-refractivity contribution < 1.29 is 47.7 Å². The summed E-state index contributed by atoms with van der Waals surface area (Å²) in [5, 5.41) is 24.1. The standard InChI is InChI=1S/C52H64N14O10/c1-29(2)45(57-51(71)73-7)49(69)65-23-33(21-63-25-39(59-61-63)27-75-31(5)67)17-43(65)47-53-19-41(55-47)37-13-9-35(10-14-37)36-11-15-38(16-12-36)42-20-54-48(56-42)44-18-34(22-64-26-40(60-62-64)28-76-32(6)68)24-66(44)50(70)46(30(3)4)58-52(72)74-8/h9-16,19-21,25,29-30,34,40,43-46H,17-18,22-24,26-28H2,1-8H3,(H,53,55)(H,54,56)(H,57,71)(H,58,72). The van der Waals surface area contributed by atoms with Gasteiger partial charge in [0.1, 0.15) is 48.7 Å². The first-order valence-electron chi connectivity index (χ1n) is 25.1. The van der Waals surface area contributed by atoms with Crippen LogP contribution in [0, 0.1) is 17.8 Å². The van der Waals surface area contributed by atoms with Gasteiger partial charge in [-0.2, -0.15) is 5.11 Å². The Bertz CT molecular complexity index is 2950. The minimum Gasteiger partial charge on any atom is -0.463 e. The van der Waals surface area contributed by atoms with E-state index >= 15 is 0 Å². The number of benzene rings is 2. The topological polar surface area (TPSA) is 286 Å². The first-order chi connectivity index (χ1) is 36.5. The van der Waals surface area contributed by atoms with Crippen molar-refractivity contribution in [3.8, 4) is 33.6 Å². The van der Waals surface area contributed by atoms with Crippen LogP contribution < -0.4 is 10.6 Å². The molecule has 3 aliphatic heterocycles. The fourth-order valence-corrected chi connectivity index (χ4v) is 9.60. The van der Waals surface area contributed by atoms with Gasteiger partial charge in [-0.3, -0.25) is 24.2 Å². The lowest BCUT2D eigenvalue weighted by atomic mass is 10.0. The highest BCUT2D eigenvalue weighted by Crippen LogP contribution is 2.39. The molecule has 402 valence electrons. The molecule has 4 N–H and O–H groups in total. The van der Waals surface area contributed by atoms with Crippen molar-refractivity contribution in [3.63, 3.8) is 0 Å². The van der Waals surface area contributed by atoms with Crippen LogP contribution in [0.3, 0.4) is 0 Å². The summed E-state index contributed by atoms with van der Waals surface area (Å²) in [6.45, 7) is 11.9. The molecule has 0 radical (unpaired) electrons. The SMILES string of the molecule is COC(=O)NC(C(=O)N1CC(=Cn2cc(COC(C)=O)nn2)CC1c1ncc(-c2ccc(-c3ccc(-c4cnc(C5CC(CN6CC(COC(C)=O)N=N6)CN5C(=O)C(NC(=O)OC)C(C)C)[nH]4)cc3)cc2)[nH]1)C(C)C. The lowest BCUT2D eigenvalue weighted by Gasteiger charge is -2.30. The highest BCUT2D eigenvalue weighted by atomic mass is 16.5. The van der Waals surface area contributed by atoms with Crippen molar-refractivity contribution in [1.29, 1.82) is 0 Å². The van der Waals surface area contributed by atoms with Gasteiger partial charge in [0.25, 0.3) is 0 Å². The average molecular weight is 1050 g/mol. The molecule has 8 rings (SSSR count). The van der Waals surface area contributed by atoms with Crippen LogP contribution in [-0.2, 0) is 44.7 Å². The van der Waals surface area contributed by atoms with Crippen LogP contribution in [-0.4, -0.2) is 151 Å². The number of esters is 2. The molecule has 4 amide bonds. The zero-order chi connectivity index (χ0) is 54.2. The number of methoxy groups -OCH3 is 2. The Kier molecular flexibility index (Phi) is 16.9. The summed E-state index contributed by atoms with van der Waals surface area (Å²) in [7, 11) is 2.51. The summed E-state index contributed by atoms with van der Waals surface area (Å²) in [4.78, 5) is 95.8. The van der Waals surface area contributed by atoms with Crippen LogP contribution in [0.25, 0.3) is 39.8 Å². The largest absolute Gasteiger partial charge is 0.463 e. The number of carbonyl (C=O) groups is 6. The molecule has 24 heteroatoms. The third kappa shape index (κ3) is 12.9. The van der Waals surface area contributed by atoms with Crippen molar-refractivity contribution in [2.45, 2.75) is 91.2 Å². The second-order valence-corrected chi connectivity index (χ2v) is 19.8. The van der Waals surface area contributed by atoms with Crippen molar-refractivity contribution >= 4 is 42.1 Å². The van der Waals surface area contributed by atoms with Crippen LogP contribution in [0.15, 0.2) is 83.0 Å². The fraction of sp³-hybridized carbons (Fsp3) is 0.462. The van der Waals surface area contributed by atoms with E-state index in [4.69, 9.17) is 28.9 Å². The second kappa shape index (κ2) is 23.8. The van der Waals surface area contributed by atoms with Gasteiger partial charge in [0.2, 0.25) is 11.8 Å². The van der Waals surface area contributed by atoms with Gasteiger partial charge in [-0.1, -0.05) is 86.7 Å². The average Bonchev–Trinajstić information content (AvgIpc) is 4.29. The van der Waals surface area contributed by atoms with Gasteiger partial charge in [0.15, 0.2) is 0 Å². The van der Waals surface area contributed by atoms with E-state index in [0.29, 0.717) is 49.8 Å². The lowest BCUT2D eigenvalue weighted by molar-refractivity contribution is -0.142. The third-order valence-corrected chi connectivity index (χ3v) is 13.5. The number of nitrogens with zero attached hydrogens (tertiary/aromatic N) is 10. The molecule has 6 unspecified atom stereocenters. The third-order valence-electron chi connectivity index (χ3n) is 13.5. The Balaban J connectivity index is 0.964. The molecule has 24 nitrogen and oxygen atoms in total. The minimum absolute atomic E-state index is 0.00465. The lowest BCUT2D eigenvalue weighted by Crippen LogP contribution is -2.51. The molecule has 6 heterocycles. The number of amides is 4. The summed E-state index contributed by atoms with van der Waals surface area (Å²) in [6.07, 6.45) is 6.51. The number of H-pyrrole nitrogens is 2. The van der Waals surface area contributed by atoms with Crippen LogP contribution in [0.5, 0.6) is 0 Å². The van der Waals surface area contributed by atoms with Crippen molar-refractivity contribution in [3.05, 3.63) is 90.0 Å². The number of alkyl carbamates (subject to hydrolysis) is 2. The minimum atomic E-state index is -0.865. The molecule has 3 aromatic heterocycles. The van der Waals surface area contributed by atoms with Gasteiger partial charge >= 0.3 is 24.1 Å². The molecule has 5 aromatic rings. The van der Waals surface area contributed by atoms with E-state index < -0.39 is 42.3 Å². The number of nitrogens with one attached hydrogen (secondary N) is 4. The summed E-state index contributed by atoms with van der Waals surface area (Å²) in [6, 6.07) is 13.2. The van der Waals surface area contributed by atoms with Crippen molar-refractivity contribution in [2.75, 3.05) is 47.0 Å². The second-order valence-electron chi connectivity index (χ2n) is 19.8. The van der Waals surface area contributed by atoms with E-state index in [-0.39, 0.29) is 61.3 Å². The quantitative estimate of drug-likeness (QED) is 0.0590. The van der Waals surface area contributed by atoms with Gasteiger partial charge in [-0.05, 0) is 58.4 Å². The maximum atomic E-state index is 14.3. The predicted molar refractivity (Wildman–Crippen MR) is 274 cm³/mol. The Morgan fingerprint density at radius 2 is 1.26 bits per heavy atom. The number of hydrogen-bond donors (Lipinski definition) is 4. The van der Waals surface area contributed by atoms with Crippen molar-refractivity contribution in [1.82, 2.24) is 60.4 Å². The number of imidazole rings is 2. The van der Waals surface area contributed by atoms with Gasteiger partial charge in [-0.15, -0.1) is 5.10 Å². The van der Waals surface area contributed by atoms with Crippen LogP contribution in [0.4, 0.5) is 9.59 Å². The molecule has 76 heavy (non-hydrogen) atoms. The summed E-state index contributed by atoms with van der Waals surface area (Å²) in [5.74, 6) is -0.657. The molecule has 6 atom stereocenters. The first kappa shape index (κ1) is 53.8. The molecule has 0 spiro atoms. The van der Waals surface area contributed by atoms with E-state index in [1.165, 1.54) is 32.7 Å². The number of ether oxygens (including phenoxy) is 4. The number of rotatable bonds is 18. The van der Waals surface area contributed by atoms with Gasteiger partial charge < -0.3 is 49.3 Å². The van der Waals surface area contributed by atoms with Crippen molar-refractivity contribution in [2.24, 2.45) is 28.1 Å². The zero-order valence-corrected chi connectivity index (χ0v) is 43.8. The smallest absolute Gasteiger partial charge is 0.407 e. The molecule has 3 aliphatic rings. The zero-order valence-electron chi connectivity index (χ0n) is 43.8. The molecule has 2 fully saturated rings. The number of aromatic nitrogens is 7. The molecule has 0 saturated carbocycles. The Hall–Kier alpha value is -8.44. The Morgan fingerprint density at radius 1 is 0.724 bits per heavy atom. The van der Waals surface area contributed by atoms with E-state index in [1.807, 2.05) is 81.2 Å². The maximum Gasteiger partial charge on any atom is 0.407 e. The maximum absolute atomic E-state index is 14.3. The number of hydrogen-bond acceptors (Lipinski definition) is 17. The summed E-state index contributed by atoms with van der Waals surface area (Å²) in [5.41, 5.74) is 6.56. The molecule has 2 aromatic carbocycles. The summed E-state index contributed by atoms with van der Waals surface area (Å²) < 4.78 is 21.4. The van der Waals surface area contributed by atoms with Gasteiger partial charge in [-0.25, -0.2) is 24.2 Å². The highest BCUT2D eigenvalue weighted by Gasteiger charge is 2.43. The van der Waals surface area contributed by atoms with E-state index in [0.717, 1.165) is 39.2 Å². The fourth-order valence-electron chi connectivity index (χ4n) is 9.60.